The first-order valence-corrected chi connectivity index (χ1v) is 6.48. The maximum absolute atomic E-state index is 12.8. The number of carbonyl (C=O) groups excluding carboxylic acids is 1. The lowest BCUT2D eigenvalue weighted by atomic mass is 10.2. The minimum absolute atomic E-state index is 0.0474. The van der Waals surface area contributed by atoms with Crippen molar-refractivity contribution in [3.05, 3.63) is 11.3 Å². The van der Waals surface area contributed by atoms with Crippen LogP contribution in [0.4, 0.5) is 9.70 Å². The molecule has 1 unspecified atom stereocenters. The number of nitrogens with zero attached hydrogens (tertiary/aromatic N) is 3. The van der Waals surface area contributed by atoms with Crippen molar-refractivity contribution in [1.82, 2.24) is 10.2 Å². The van der Waals surface area contributed by atoms with Crippen LogP contribution in [0.15, 0.2) is 0 Å². The van der Waals surface area contributed by atoms with E-state index in [1.807, 2.05) is 6.07 Å². The molecule has 0 radical (unpaired) electrons. The average molecular weight is 272 g/mol. The number of hydrogen-bond donors (Lipinski definition) is 1. The van der Waals surface area contributed by atoms with E-state index in [-0.39, 0.29) is 17.9 Å². The number of halogens is 1. The summed E-state index contributed by atoms with van der Waals surface area (Å²) in [5.41, 5.74) is 0.618. The summed E-state index contributed by atoms with van der Waals surface area (Å²) in [6.07, 6.45) is -0.435. The van der Waals surface area contributed by atoms with E-state index in [0.29, 0.717) is 5.69 Å². The minimum Gasteiger partial charge on any atom is -0.293 e. The summed E-state index contributed by atoms with van der Waals surface area (Å²) >= 11 is 0. The second-order valence-corrected chi connectivity index (χ2v) is 5.58. The summed E-state index contributed by atoms with van der Waals surface area (Å²) in [6.45, 7) is 1.27. The third kappa shape index (κ3) is 1.95. The van der Waals surface area contributed by atoms with E-state index in [9.17, 15) is 17.1 Å². The average Bonchev–Trinajstić information content (AvgIpc) is 2.80. The maximum Gasteiger partial charge on any atom is 0.307 e. The Balaban J connectivity index is 2.37. The number of anilines is 1. The highest BCUT2D eigenvalue weighted by atomic mass is 32.3. The number of aromatic amines is 1. The van der Waals surface area contributed by atoms with Crippen molar-refractivity contribution in [3.8, 4) is 6.07 Å². The number of amides is 1. The number of hydrogen-bond acceptors (Lipinski definition) is 5. The largest absolute Gasteiger partial charge is 0.307 e. The van der Waals surface area contributed by atoms with Crippen molar-refractivity contribution in [2.24, 2.45) is 0 Å². The van der Waals surface area contributed by atoms with Crippen molar-refractivity contribution in [1.29, 1.82) is 5.26 Å². The Morgan fingerprint density at radius 2 is 2.28 bits per heavy atom. The summed E-state index contributed by atoms with van der Waals surface area (Å²) in [5, 5.41) is 13.8. The Morgan fingerprint density at radius 1 is 1.61 bits per heavy atom. The van der Waals surface area contributed by atoms with Gasteiger partial charge in [-0.25, -0.2) is 0 Å². The van der Waals surface area contributed by atoms with E-state index in [1.165, 1.54) is 0 Å². The van der Waals surface area contributed by atoms with E-state index >= 15 is 0 Å². The molecule has 96 valence electrons. The van der Waals surface area contributed by atoms with Gasteiger partial charge in [-0.2, -0.15) is 18.8 Å². The molecule has 1 atom stereocenters. The molecule has 1 amide bonds. The molecule has 1 aromatic rings. The number of rotatable bonds is 2. The van der Waals surface area contributed by atoms with Crippen LogP contribution in [0.2, 0.25) is 0 Å². The highest BCUT2D eigenvalue weighted by molar-refractivity contribution is 7.87. The molecule has 9 heteroatoms. The molecule has 7 nitrogen and oxygen atoms in total. The van der Waals surface area contributed by atoms with Gasteiger partial charge in [0, 0.05) is 13.0 Å². The van der Waals surface area contributed by atoms with Crippen LogP contribution < -0.4 is 4.90 Å². The minimum atomic E-state index is -4.77. The van der Waals surface area contributed by atoms with Crippen molar-refractivity contribution in [3.63, 3.8) is 0 Å². The van der Waals surface area contributed by atoms with Crippen LogP contribution in [0.25, 0.3) is 0 Å². The summed E-state index contributed by atoms with van der Waals surface area (Å²) in [6, 6.07) is 1.86. The Hall–Kier alpha value is -1.95. The monoisotopic (exact) mass is 272 g/mol. The number of carbonyl (C=O) groups is 1. The van der Waals surface area contributed by atoms with Gasteiger partial charge < -0.3 is 0 Å². The lowest BCUT2D eigenvalue weighted by molar-refractivity contribution is -0.117. The molecule has 0 aromatic carbocycles. The molecule has 18 heavy (non-hydrogen) atoms. The fourth-order valence-corrected chi connectivity index (χ4v) is 2.48. The van der Waals surface area contributed by atoms with Gasteiger partial charge in [-0.15, -0.1) is 3.89 Å². The van der Waals surface area contributed by atoms with Gasteiger partial charge in [-0.3, -0.25) is 14.8 Å². The molecule has 0 aliphatic carbocycles. The second-order valence-electron chi connectivity index (χ2n) is 3.97. The first-order valence-electron chi connectivity index (χ1n) is 5.03. The Labute approximate surface area is 102 Å². The molecular formula is C9H9FN4O3S. The van der Waals surface area contributed by atoms with E-state index < -0.39 is 27.8 Å². The molecule has 1 aliphatic rings. The zero-order chi connectivity index (χ0) is 13.5. The molecule has 0 bridgehead atoms. The summed E-state index contributed by atoms with van der Waals surface area (Å²) in [4.78, 5) is 12.7. The van der Waals surface area contributed by atoms with Gasteiger partial charge in [-0.05, 0) is 6.92 Å². The SMILES string of the molecule is Cc1[nH]nc(N2CC(S(=O)(=O)F)CC2=O)c1C#N. The van der Waals surface area contributed by atoms with E-state index in [0.717, 1.165) is 4.90 Å². The fourth-order valence-electron chi connectivity index (χ4n) is 1.81. The zero-order valence-corrected chi connectivity index (χ0v) is 10.2. The highest BCUT2D eigenvalue weighted by Gasteiger charge is 2.40. The van der Waals surface area contributed by atoms with Crippen molar-refractivity contribution in [2.45, 2.75) is 18.6 Å². The summed E-state index contributed by atoms with van der Waals surface area (Å²) in [5.74, 6) is -0.518. The molecule has 0 spiro atoms. The van der Waals surface area contributed by atoms with Crippen LogP contribution in [0.5, 0.6) is 0 Å². The molecular weight excluding hydrogens is 263 g/mol. The van der Waals surface area contributed by atoms with Crippen LogP contribution in [0, 0.1) is 18.3 Å². The Bertz CT molecular complexity index is 645. The van der Waals surface area contributed by atoms with Gasteiger partial charge in [0.2, 0.25) is 5.91 Å². The normalized spacial score (nSPS) is 20.2. The Kier molecular flexibility index (Phi) is 2.82. The van der Waals surface area contributed by atoms with Gasteiger partial charge in [0.15, 0.2) is 5.82 Å². The molecule has 2 rings (SSSR count). The Morgan fingerprint density at radius 3 is 2.78 bits per heavy atom. The van der Waals surface area contributed by atoms with Crippen LogP contribution >= 0.6 is 0 Å². The van der Waals surface area contributed by atoms with Crippen molar-refractivity contribution >= 4 is 21.9 Å². The number of H-pyrrole nitrogens is 1. The lowest BCUT2D eigenvalue weighted by Gasteiger charge is -2.12. The van der Waals surface area contributed by atoms with Gasteiger partial charge in [-0.1, -0.05) is 0 Å². The second kappa shape index (κ2) is 4.06. The van der Waals surface area contributed by atoms with Crippen LogP contribution in [0.3, 0.4) is 0 Å². The van der Waals surface area contributed by atoms with Gasteiger partial charge in [0.1, 0.15) is 16.9 Å². The van der Waals surface area contributed by atoms with E-state index in [1.54, 1.807) is 6.92 Å². The standard InChI is InChI=1S/C9H9FN4O3S/c1-5-7(3-11)9(13-12-5)14-4-6(2-8(14)15)18(10,16)17/h6H,2,4H2,1H3,(H,12,13). The van der Waals surface area contributed by atoms with Crippen LogP contribution in [0.1, 0.15) is 17.7 Å². The molecule has 1 aromatic heterocycles. The summed E-state index contributed by atoms with van der Waals surface area (Å²) in [7, 11) is -4.77. The number of aryl methyl sites for hydroxylation is 1. The third-order valence-electron chi connectivity index (χ3n) is 2.78. The predicted octanol–water partition coefficient (Wildman–Crippen LogP) is -0.00560. The lowest BCUT2D eigenvalue weighted by Crippen LogP contribution is -2.27. The number of nitrogens with one attached hydrogen (secondary N) is 1. The number of aromatic nitrogens is 2. The predicted molar refractivity (Wildman–Crippen MR) is 58.8 cm³/mol. The molecule has 2 heterocycles. The maximum atomic E-state index is 12.8. The molecule has 1 N–H and O–H groups in total. The molecule has 1 aliphatic heterocycles. The zero-order valence-electron chi connectivity index (χ0n) is 9.34. The smallest absolute Gasteiger partial charge is 0.293 e. The van der Waals surface area contributed by atoms with Crippen LogP contribution in [-0.4, -0.2) is 36.3 Å². The quantitative estimate of drug-likeness (QED) is 0.762. The molecule has 0 saturated carbocycles. The third-order valence-corrected chi connectivity index (χ3v) is 3.90. The fraction of sp³-hybridized carbons (Fsp3) is 0.444. The van der Waals surface area contributed by atoms with E-state index in [2.05, 4.69) is 10.2 Å². The van der Waals surface area contributed by atoms with E-state index in [4.69, 9.17) is 5.26 Å². The topological polar surface area (TPSA) is 107 Å². The van der Waals surface area contributed by atoms with Gasteiger partial charge in [0.25, 0.3) is 0 Å². The molecule has 1 saturated heterocycles. The van der Waals surface area contributed by atoms with Gasteiger partial charge >= 0.3 is 10.2 Å². The first kappa shape index (κ1) is 12.5. The van der Waals surface area contributed by atoms with Gasteiger partial charge in [0.05, 0.1) is 5.69 Å². The molecule has 1 fully saturated rings. The highest BCUT2D eigenvalue weighted by Crippen LogP contribution is 2.27. The first-order chi connectivity index (χ1) is 8.34. The van der Waals surface area contributed by atoms with Crippen molar-refractivity contribution in [2.75, 3.05) is 11.4 Å². The van der Waals surface area contributed by atoms with Crippen molar-refractivity contribution < 1.29 is 17.1 Å². The summed E-state index contributed by atoms with van der Waals surface area (Å²) < 4.78 is 34.4. The van der Waals surface area contributed by atoms with Crippen LogP contribution in [-0.2, 0) is 15.0 Å². The number of nitriles is 1.